The molecule has 0 rings (SSSR count). The lowest BCUT2D eigenvalue weighted by atomic mass is 10.0. The number of carbonyl (C=O) groups is 2. The molecule has 0 aliphatic heterocycles. The van der Waals surface area contributed by atoms with Crippen molar-refractivity contribution in [3.05, 3.63) is 0 Å². The summed E-state index contributed by atoms with van der Waals surface area (Å²) in [6.45, 7) is 5.12. The smallest absolute Gasteiger partial charge is 0.305 e. The number of hydrogen-bond acceptors (Lipinski definition) is 3. The summed E-state index contributed by atoms with van der Waals surface area (Å²) < 4.78 is 0. The van der Waals surface area contributed by atoms with Gasteiger partial charge in [0, 0.05) is 6.04 Å². The number of rotatable bonds is 6. The van der Waals surface area contributed by atoms with Crippen LogP contribution in [0.4, 0.5) is 0 Å². The second kappa shape index (κ2) is 5.70. The summed E-state index contributed by atoms with van der Waals surface area (Å²) in [5.41, 5.74) is 4.63. The van der Waals surface area contributed by atoms with Gasteiger partial charge < -0.3 is 16.2 Å². The molecule has 0 fully saturated rings. The molecule has 15 heavy (non-hydrogen) atoms. The van der Waals surface area contributed by atoms with E-state index >= 15 is 0 Å². The van der Waals surface area contributed by atoms with Gasteiger partial charge in [-0.2, -0.15) is 0 Å². The van der Waals surface area contributed by atoms with Gasteiger partial charge in [-0.15, -0.1) is 0 Å². The molecular formula is C10H20N2O3. The third-order valence-electron chi connectivity index (χ3n) is 1.98. The second-order valence-corrected chi connectivity index (χ2v) is 4.28. The van der Waals surface area contributed by atoms with Crippen LogP contribution in [-0.2, 0) is 9.59 Å². The molecule has 0 aromatic rings. The Hall–Kier alpha value is -1.10. The first-order valence-electron chi connectivity index (χ1n) is 5.09. The lowest BCUT2D eigenvalue weighted by Crippen LogP contribution is -2.52. The largest absolute Gasteiger partial charge is 0.481 e. The van der Waals surface area contributed by atoms with Crippen LogP contribution in [0.5, 0.6) is 0 Å². The summed E-state index contributed by atoms with van der Waals surface area (Å²) in [4.78, 5) is 22.0. The van der Waals surface area contributed by atoms with E-state index in [1.807, 2.05) is 6.92 Å². The van der Waals surface area contributed by atoms with Gasteiger partial charge in [0.25, 0.3) is 0 Å². The van der Waals surface area contributed by atoms with Crippen LogP contribution in [0.15, 0.2) is 0 Å². The van der Waals surface area contributed by atoms with Gasteiger partial charge in [-0.1, -0.05) is 13.3 Å². The van der Waals surface area contributed by atoms with Gasteiger partial charge in [-0.05, 0) is 20.3 Å². The van der Waals surface area contributed by atoms with Gasteiger partial charge in [0.1, 0.15) is 0 Å². The van der Waals surface area contributed by atoms with E-state index in [0.717, 1.165) is 6.42 Å². The fraction of sp³-hybridized carbons (Fsp3) is 0.800. The van der Waals surface area contributed by atoms with E-state index in [4.69, 9.17) is 10.8 Å². The predicted molar refractivity (Wildman–Crippen MR) is 57.4 cm³/mol. The highest BCUT2D eigenvalue weighted by atomic mass is 16.4. The number of carboxylic acid groups (broad SMARTS) is 1. The molecule has 0 bridgehead atoms. The van der Waals surface area contributed by atoms with Crippen molar-refractivity contribution >= 4 is 11.9 Å². The summed E-state index contributed by atoms with van der Waals surface area (Å²) in [6, 6.07) is -0.331. The Labute approximate surface area is 90.0 Å². The molecule has 1 atom stereocenters. The first kappa shape index (κ1) is 13.9. The average Bonchev–Trinajstić information content (AvgIpc) is 2.01. The number of carbonyl (C=O) groups excluding carboxylic acids is 1. The third kappa shape index (κ3) is 6.06. The Morgan fingerprint density at radius 3 is 2.33 bits per heavy atom. The number of nitrogens with two attached hydrogens (primary N) is 1. The van der Waals surface area contributed by atoms with Crippen LogP contribution in [0.3, 0.4) is 0 Å². The number of aliphatic carboxylic acids is 1. The van der Waals surface area contributed by atoms with E-state index in [-0.39, 0.29) is 18.4 Å². The zero-order valence-electron chi connectivity index (χ0n) is 9.54. The van der Waals surface area contributed by atoms with Crippen molar-refractivity contribution in [1.82, 2.24) is 5.32 Å². The molecule has 0 radical (unpaired) electrons. The highest BCUT2D eigenvalue weighted by Gasteiger charge is 2.25. The van der Waals surface area contributed by atoms with E-state index in [2.05, 4.69) is 5.32 Å². The molecule has 5 heteroatoms. The molecule has 0 aromatic carbocycles. The maximum atomic E-state index is 11.5. The van der Waals surface area contributed by atoms with Gasteiger partial charge in [-0.3, -0.25) is 9.59 Å². The predicted octanol–water partition coefficient (Wildman–Crippen LogP) is 0.483. The fourth-order valence-corrected chi connectivity index (χ4v) is 1.16. The molecule has 0 aromatic heterocycles. The number of carboxylic acids is 1. The van der Waals surface area contributed by atoms with Gasteiger partial charge >= 0.3 is 5.97 Å². The van der Waals surface area contributed by atoms with E-state index in [9.17, 15) is 9.59 Å². The first-order chi connectivity index (χ1) is 6.77. The molecule has 0 aliphatic carbocycles. The van der Waals surface area contributed by atoms with E-state index < -0.39 is 11.5 Å². The molecule has 0 aliphatic rings. The molecule has 1 unspecified atom stereocenters. The highest BCUT2D eigenvalue weighted by Crippen LogP contribution is 2.05. The molecule has 0 saturated heterocycles. The van der Waals surface area contributed by atoms with Gasteiger partial charge in [0.05, 0.1) is 12.0 Å². The SMILES string of the molecule is CCCC(CC(=O)O)NC(=O)C(C)(C)N. The second-order valence-electron chi connectivity index (χ2n) is 4.28. The molecule has 0 saturated carbocycles. The van der Waals surface area contributed by atoms with Crippen LogP contribution in [0.25, 0.3) is 0 Å². The van der Waals surface area contributed by atoms with Crippen molar-refractivity contribution in [1.29, 1.82) is 0 Å². The Morgan fingerprint density at radius 2 is 2.00 bits per heavy atom. The summed E-state index contributed by atoms with van der Waals surface area (Å²) in [5.74, 6) is -1.23. The standard InChI is InChI=1S/C10H20N2O3/c1-4-5-7(6-8(13)14)12-9(15)10(2,3)11/h7H,4-6,11H2,1-3H3,(H,12,15)(H,13,14). The summed E-state index contributed by atoms with van der Waals surface area (Å²) in [5, 5.41) is 11.3. The molecule has 0 heterocycles. The Balaban J connectivity index is 4.28. The van der Waals surface area contributed by atoms with Gasteiger partial charge in [0.2, 0.25) is 5.91 Å². The van der Waals surface area contributed by atoms with Crippen molar-refractivity contribution in [3.63, 3.8) is 0 Å². The Kier molecular flexibility index (Phi) is 5.28. The minimum Gasteiger partial charge on any atom is -0.481 e. The average molecular weight is 216 g/mol. The zero-order chi connectivity index (χ0) is 12.1. The van der Waals surface area contributed by atoms with Crippen LogP contribution in [0, 0.1) is 0 Å². The normalized spacial score (nSPS) is 13.3. The lowest BCUT2D eigenvalue weighted by Gasteiger charge is -2.23. The van der Waals surface area contributed by atoms with E-state index in [0.29, 0.717) is 6.42 Å². The van der Waals surface area contributed by atoms with Crippen LogP contribution in [0.2, 0.25) is 0 Å². The minimum absolute atomic E-state index is 0.0599. The first-order valence-corrected chi connectivity index (χ1v) is 5.09. The topological polar surface area (TPSA) is 92.4 Å². The molecule has 1 amide bonds. The highest BCUT2D eigenvalue weighted by molar-refractivity contribution is 5.85. The molecule has 4 N–H and O–H groups in total. The molecule has 0 spiro atoms. The van der Waals surface area contributed by atoms with E-state index in [1.165, 1.54) is 0 Å². The van der Waals surface area contributed by atoms with Crippen LogP contribution in [0.1, 0.15) is 40.0 Å². The number of hydrogen-bond donors (Lipinski definition) is 3. The number of amides is 1. The molecule has 5 nitrogen and oxygen atoms in total. The minimum atomic E-state index is -0.968. The molecule has 88 valence electrons. The number of nitrogens with one attached hydrogen (secondary N) is 1. The Bertz CT molecular complexity index is 233. The van der Waals surface area contributed by atoms with Gasteiger partial charge in [-0.25, -0.2) is 0 Å². The van der Waals surface area contributed by atoms with Crippen LogP contribution < -0.4 is 11.1 Å². The Morgan fingerprint density at radius 1 is 1.47 bits per heavy atom. The lowest BCUT2D eigenvalue weighted by molar-refractivity contribution is -0.138. The van der Waals surface area contributed by atoms with Crippen molar-refractivity contribution in [3.8, 4) is 0 Å². The van der Waals surface area contributed by atoms with Crippen molar-refractivity contribution in [2.75, 3.05) is 0 Å². The summed E-state index contributed by atoms with van der Waals surface area (Å²) >= 11 is 0. The fourth-order valence-electron chi connectivity index (χ4n) is 1.16. The maximum absolute atomic E-state index is 11.5. The van der Waals surface area contributed by atoms with Crippen LogP contribution >= 0.6 is 0 Å². The van der Waals surface area contributed by atoms with Crippen molar-refractivity contribution in [2.24, 2.45) is 5.73 Å². The zero-order valence-corrected chi connectivity index (χ0v) is 9.54. The third-order valence-corrected chi connectivity index (χ3v) is 1.98. The summed E-state index contributed by atoms with van der Waals surface area (Å²) in [6.07, 6.45) is 1.41. The molecular weight excluding hydrogens is 196 g/mol. The maximum Gasteiger partial charge on any atom is 0.305 e. The summed E-state index contributed by atoms with van der Waals surface area (Å²) in [7, 11) is 0. The monoisotopic (exact) mass is 216 g/mol. The van der Waals surface area contributed by atoms with Gasteiger partial charge in [0.15, 0.2) is 0 Å². The quantitative estimate of drug-likeness (QED) is 0.602. The van der Waals surface area contributed by atoms with Crippen molar-refractivity contribution in [2.45, 2.75) is 51.6 Å². The van der Waals surface area contributed by atoms with Crippen molar-refractivity contribution < 1.29 is 14.7 Å². The van der Waals surface area contributed by atoms with E-state index in [1.54, 1.807) is 13.8 Å². The van der Waals surface area contributed by atoms with Crippen LogP contribution in [-0.4, -0.2) is 28.6 Å².